The number of non-ortho nitro benzene ring substituents is 1. The highest BCUT2D eigenvalue weighted by Crippen LogP contribution is 2.26. The standard InChI is InChI=1S/C18H21ClN6O3/c1-11-16(12(2)21-18(20-11)24-8-6-23(3)7-9-24)22-17(26)14-5-4-13(25(27)28)10-15(14)19/h4-5,10H,6-9H2,1-3H3,(H,22,26). The normalized spacial score (nSPS) is 14.8. The van der Waals surface area contributed by atoms with Crippen molar-refractivity contribution >= 4 is 34.8 Å². The molecule has 0 bridgehead atoms. The van der Waals surface area contributed by atoms with Crippen LogP contribution in [0.3, 0.4) is 0 Å². The molecule has 1 N–H and O–H groups in total. The van der Waals surface area contributed by atoms with Crippen molar-refractivity contribution in [3.8, 4) is 0 Å². The number of halogens is 1. The maximum Gasteiger partial charge on any atom is 0.270 e. The zero-order valence-corrected chi connectivity index (χ0v) is 16.7. The summed E-state index contributed by atoms with van der Waals surface area (Å²) in [6, 6.07) is 3.73. The number of aromatic nitrogens is 2. The number of hydrogen-bond donors (Lipinski definition) is 1. The van der Waals surface area contributed by atoms with Crippen LogP contribution in [0, 0.1) is 24.0 Å². The van der Waals surface area contributed by atoms with Gasteiger partial charge in [-0.2, -0.15) is 0 Å². The first-order chi connectivity index (χ1) is 13.3. The van der Waals surface area contributed by atoms with Gasteiger partial charge in [0.2, 0.25) is 5.95 Å². The van der Waals surface area contributed by atoms with Gasteiger partial charge in [-0.05, 0) is 27.0 Å². The van der Waals surface area contributed by atoms with Crippen molar-refractivity contribution in [2.75, 3.05) is 43.4 Å². The van der Waals surface area contributed by atoms with Gasteiger partial charge in [0, 0.05) is 38.3 Å². The summed E-state index contributed by atoms with van der Waals surface area (Å²) in [5, 5.41) is 13.6. The van der Waals surface area contributed by atoms with Crippen LogP contribution in [0.5, 0.6) is 0 Å². The van der Waals surface area contributed by atoms with E-state index < -0.39 is 10.8 Å². The third kappa shape index (κ3) is 4.20. The molecule has 1 aromatic heterocycles. The van der Waals surface area contributed by atoms with E-state index >= 15 is 0 Å². The summed E-state index contributed by atoms with van der Waals surface area (Å²) in [6.45, 7) is 7.19. The molecule has 0 atom stereocenters. The maximum absolute atomic E-state index is 12.6. The topological polar surface area (TPSA) is 104 Å². The van der Waals surface area contributed by atoms with E-state index in [0.717, 1.165) is 32.2 Å². The summed E-state index contributed by atoms with van der Waals surface area (Å²) >= 11 is 6.05. The number of benzene rings is 1. The predicted octanol–water partition coefficient (Wildman–Crippen LogP) is 2.66. The molecule has 10 heteroatoms. The highest BCUT2D eigenvalue weighted by Gasteiger charge is 2.21. The summed E-state index contributed by atoms with van der Waals surface area (Å²) in [6.07, 6.45) is 0. The molecular formula is C18H21ClN6O3. The maximum atomic E-state index is 12.6. The molecule has 3 rings (SSSR count). The highest BCUT2D eigenvalue weighted by atomic mass is 35.5. The van der Waals surface area contributed by atoms with E-state index in [1.165, 1.54) is 12.1 Å². The third-order valence-electron chi connectivity index (χ3n) is 4.69. The lowest BCUT2D eigenvalue weighted by Gasteiger charge is -2.32. The van der Waals surface area contributed by atoms with Crippen molar-refractivity contribution in [3.05, 3.63) is 50.3 Å². The number of nitrogens with zero attached hydrogens (tertiary/aromatic N) is 5. The van der Waals surface area contributed by atoms with Crippen molar-refractivity contribution in [1.82, 2.24) is 14.9 Å². The molecule has 1 aliphatic heterocycles. The van der Waals surface area contributed by atoms with Gasteiger partial charge in [-0.25, -0.2) is 9.97 Å². The number of carbonyl (C=O) groups excluding carboxylic acids is 1. The molecule has 0 aliphatic carbocycles. The van der Waals surface area contributed by atoms with Gasteiger partial charge in [-0.15, -0.1) is 0 Å². The largest absolute Gasteiger partial charge is 0.338 e. The Bertz CT molecular complexity index is 905. The lowest BCUT2D eigenvalue weighted by molar-refractivity contribution is -0.384. The number of hydrogen-bond acceptors (Lipinski definition) is 7. The highest BCUT2D eigenvalue weighted by molar-refractivity contribution is 6.34. The number of amides is 1. The summed E-state index contributed by atoms with van der Waals surface area (Å²) in [7, 11) is 2.08. The first-order valence-electron chi connectivity index (χ1n) is 8.80. The van der Waals surface area contributed by atoms with Gasteiger partial charge in [0.05, 0.1) is 32.6 Å². The van der Waals surface area contributed by atoms with Crippen LogP contribution in [0.15, 0.2) is 18.2 Å². The summed E-state index contributed by atoms with van der Waals surface area (Å²) in [4.78, 5) is 36.3. The molecule has 1 aromatic carbocycles. The molecule has 0 radical (unpaired) electrons. The predicted molar refractivity (Wildman–Crippen MR) is 107 cm³/mol. The van der Waals surface area contributed by atoms with Crippen LogP contribution in [-0.2, 0) is 0 Å². The van der Waals surface area contributed by atoms with Crippen LogP contribution < -0.4 is 10.2 Å². The second-order valence-electron chi connectivity index (χ2n) is 6.74. The van der Waals surface area contributed by atoms with E-state index in [1.807, 2.05) is 0 Å². The van der Waals surface area contributed by atoms with Crippen LogP contribution >= 0.6 is 11.6 Å². The molecule has 0 saturated carbocycles. The molecule has 28 heavy (non-hydrogen) atoms. The van der Waals surface area contributed by atoms with Crippen molar-refractivity contribution in [2.24, 2.45) is 0 Å². The second-order valence-corrected chi connectivity index (χ2v) is 7.14. The fourth-order valence-corrected chi connectivity index (χ4v) is 3.27. The Kier molecular flexibility index (Phi) is 5.76. The van der Waals surface area contributed by atoms with E-state index in [2.05, 4.69) is 32.1 Å². The molecule has 2 aromatic rings. The number of rotatable bonds is 4. The average Bonchev–Trinajstić information content (AvgIpc) is 2.64. The zero-order chi connectivity index (χ0) is 20.4. The van der Waals surface area contributed by atoms with Gasteiger partial charge in [-0.1, -0.05) is 11.6 Å². The van der Waals surface area contributed by atoms with Crippen LogP contribution in [0.25, 0.3) is 0 Å². The molecule has 2 heterocycles. The molecule has 1 amide bonds. The molecule has 1 aliphatic rings. The molecule has 0 spiro atoms. The van der Waals surface area contributed by atoms with E-state index in [-0.39, 0.29) is 16.3 Å². The van der Waals surface area contributed by atoms with Crippen molar-refractivity contribution < 1.29 is 9.72 Å². The van der Waals surface area contributed by atoms with Crippen molar-refractivity contribution in [3.63, 3.8) is 0 Å². The molecule has 0 unspecified atom stereocenters. The Morgan fingerprint density at radius 2 is 1.79 bits per heavy atom. The summed E-state index contributed by atoms with van der Waals surface area (Å²) in [5.41, 5.74) is 1.78. The number of carbonyl (C=O) groups is 1. The molecular weight excluding hydrogens is 384 g/mol. The summed E-state index contributed by atoms with van der Waals surface area (Å²) < 4.78 is 0. The van der Waals surface area contributed by atoms with Gasteiger partial charge in [0.25, 0.3) is 11.6 Å². The van der Waals surface area contributed by atoms with E-state index in [0.29, 0.717) is 23.0 Å². The minimum atomic E-state index is -0.563. The SMILES string of the molecule is Cc1nc(N2CCN(C)CC2)nc(C)c1NC(=O)c1ccc([N+](=O)[O-])cc1Cl. The monoisotopic (exact) mass is 404 g/mol. The molecule has 9 nitrogen and oxygen atoms in total. The van der Waals surface area contributed by atoms with Crippen LogP contribution in [-0.4, -0.2) is 58.9 Å². The van der Waals surface area contributed by atoms with E-state index in [1.54, 1.807) is 13.8 Å². The lowest BCUT2D eigenvalue weighted by Crippen LogP contribution is -2.45. The lowest BCUT2D eigenvalue weighted by atomic mass is 10.1. The Morgan fingerprint density at radius 1 is 1.18 bits per heavy atom. The number of nitrogens with one attached hydrogen (secondary N) is 1. The Morgan fingerprint density at radius 3 is 2.32 bits per heavy atom. The van der Waals surface area contributed by atoms with Crippen molar-refractivity contribution in [1.29, 1.82) is 0 Å². The first-order valence-corrected chi connectivity index (χ1v) is 9.18. The molecule has 148 valence electrons. The quantitative estimate of drug-likeness (QED) is 0.616. The van der Waals surface area contributed by atoms with Crippen LogP contribution in [0.4, 0.5) is 17.3 Å². The number of nitro benzene ring substituents is 1. The van der Waals surface area contributed by atoms with Gasteiger partial charge in [0.15, 0.2) is 0 Å². The number of aryl methyl sites for hydroxylation is 2. The van der Waals surface area contributed by atoms with Gasteiger partial charge < -0.3 is 15.1 Å². The number of likely N-dealkylation sites (N-methyl/N-ethyl adjacent to an activating group) is 1. The Hall–Kier alpha value is -2.78. The fourth-order valence-electron chi connectivity index (χ4n) is 3.01. The minimum Gasteiger partial charge on any atom is -0.338 e. The minimum absolute atomic E-state index is 0.0111. The third-order valence-corrected chi connectivity index (χ3v) is 5.00. The number of anilines is 2. The van der Waals surface area contributed by atoms with E-state index in [4.69, 9.17) is 11.6 Å². The molecule has 1 saturated heterocycles. The van der Waals surface area contributed by atoms with Gasteiger partial charge in [0.1, 0.15) is 0 Å². The smallest absolute Gasteiger partial charge is 0.270 e. The Labute approximate surface area is 167 Å². The number of nitro groups is 1. The first kappa shape index (κ1) is 20.0. The van der Waals surface area contributed by atoms with E-state index in [9.17, 15) is 14.9 Å². The number of piperazine rings is 1. The van der Waals surface area contributed by atoms with Gasteiger partial charge in [-0.3, -0.25) is 14.9 Å². The molecule has 1 fully saturated rings. The zero-order valence-electron chi connectivity index (χ0n) is 15.9. The Balaban J connectivity index is 1.81. The second kappa shape index (κ2) is 8.07. The van der Waals surface area contributed by atoms with Gasteiger partial charge >= 0.3 is 0 Å². The average molecular weight is 405 g/mol. The summed E-state index contributed by atoms with van der Waals surface area (Å²) in [5.74, 6) is 0.177. The fraction of sp³-hybridized carbons (Fsp3) is 0.389. The van der Waals surface area contributed by atoms with Crippen LogP contribution in [0.2, 0.25) is 5.02 Å². The van der Waals surface area contributed by atoms with Crippen LogP contribution in [0.1, 0.15) is 21.7 Å². The van der Waals surface area contributed by atoms with Crippen molar-refractivity contribution in [2.45, 2.75) is 13.8 Å².